The number of nitrogens with zero attached hydrogens (tertiary/aromatic N) is 1. The fourth-order valence-electron chi connectivity index (χ4n) is 1.45. The molecule has 0 saturated carbocycles. The average Bonchev–Trinajstić information content (AvgIpc) is 2.51. The molecular weight excluding hydrogens is 222 g/mol. The van der Waals surface area contributed by atoms with E-state index in [1.54, 1.807) is 4.90 Å². The predicted molar refractivity (Wildman–Crippen MR) is 57.1 cm³/mol. The van der Waals surface area contributed by atoms with Crippen molar-refractivity contribution in [3.05, 3.63) is 0 Å². The van der Waals surface area contributed by atoms with Crippen LogP contribution >= 0.6 is 12.4 Å². The monoisotopic (exact) mass is 237 g/mol. The van der Waals surface area contributed by atoms with E-state index >= 15 is 0 Å². The molecule has 1 heterocycles. The fourth-order valence-corrected chi connectivity index (χ4v) is 1.45. The van der Waals surface area contributed by atoms with Crippen molar-refractivity contribution in [2.24, 2.45) is 5.73 Å². The molecule has 1 fully saturated rings. The van der Waals surface area contributed by atoms with Crippen LogP contribution < -0.4 is 11.1 Å². The Morgan fingerprint density at radius 1 is 1.53 bits per heavy atom. The molecule has 1 aliphatic rings. The van der Waals surface area contributed by atoms with E-state index in [2.05, 4.69) is 5.32 Å². The maximum Gasteiger partial charge on any atom is 0.404 e. The number of rotatable bonds is 3. The quantitative estimate of drug-likeness (QED) is 0.624. The summed E-state index contributed by atoms with van der Waals surface area (Å²) in [6.45, 7) is 1.44. The first-order chi connectivity index (χ1) is 6.59. The van der Waals surface area contributed by atoms with Crippen LogP contribution in [0.15, 0.2) is 0 Å². The summed E-state index contributed by atoms with van der Waals surface area (Å²) in [6, 6.07) is 0.0754. The van der Waals surface area contributed by atoms with Gasteiger partial charge in [0.25, 0.3) is 0 Å². The number of hydrogen-bond acceptors (Lipinski definition) is 3. The Bertz CT molecular complexity index is 237. The standard InChI is InChI=1S/C8H15N3O3.ClH/c9-6-2-4-11(5-6)7(12)1-3-10-8(13)14;/h6,10H,1-5,9H2,(H,13,14);1H. The third-order valence-corrected chi connectivity index (χ3v) is 2.19. The van der Waals surface area contributed by atoms with Crippen LogP contribution in [0.4, 0.5) is 4.79 Å². The van der Waals surface area contributed by atoms with Gasteiger partial charge in [0.15, 0.2) is 0 Å². The third-order valence-electron chi connectivity index (χ3n) is 2.19. The van der Waals surface area contributed by atoms with Crippen LogP contribution in [-0.4, -0.2) is 47.7 Å². The van der Waals surface area contributed by atoms with Gasteiger partial charge in [-0.1, -0.05) is 0 Å². The summed E-state index contributed by atoms with van der Waals surface area (Å²) in [6.07, 6.45) is -0.0622. The van der Waals surface area contributed by atoms with Crippen LogP contribution in [-0.2, 0) is 4.79 Å². The maximum absolute atomic E-state index is 11.4. The van der Waals surface area contributed by atoms with E-state index in [4.69, 9.17) is 10.8 Å². The van der Waals surface area contributed by atoms with Gasteiger partial charge in [-0.25, -0.2) is 4.79 Å². The van der Waals surface area contributed by atoms with Crippen LogP contribution in [0.25, 0.3) is 0 Å². The molecule has 0 aromatic carbocycles. The summed E-state index contributed by atoms with van der Waals surface area (Å²) >= 11 is 0. The van der Waals surface area contributed by atoms with Crippen LogP contribution in [0.2, 0.25) is 0 Å². The van der Waals surface area contributed by atoms with Gasteiger partial charge in [0, 0.05) is 32.1 Å². The highest BCUT2D eigenvalue weighted by Gasteiger charge is 2.22. The smallest absolute Gasteiger partial charge is 0.404 e. The molecule has 0 aliphatic carbocycles. The summed E-state index contributed by atoms with van der Waals surface area (Å²) in [5.41, 5.74) is 5.64. The molecule has 1 rings (SSSR count). The van der Waals surface area contributed by atoms with E-state index in [1.807, 2.05) is 0 Å². The van der Waals surface area contributed by atoms with Crippen molar-refractivity contribution in [3.8, 4) is 0 Å². The highest BCUT2D eigenvalue weighted by molar-refractivity contribution is 5.85. The Morgan fingerprint density at radius 2 is 2.20 bits per heavy atom. The number of carbonyl (C=O) groups excluding carboxylic acids is 1. The summed E-state index contributed by atoms with van der Waals surface area (Å²) < 4.78 is 0. The van der Waals surface area contributed by atoms with E-state index in [0.717, 1.165) is 6.42 Å². The van der Waals surface area contributed by atoms with Crippen molar-refractivity contribution >= 4 is 24.4 Å². The predicted octanol–water partition coefficient (Wildman–Crippen LogP) is -0.375. The molecule has 0 radical (unpaired) electrons. The summed E-state index contributed by atoms with van der Waals surface area (Å²) in [5, 5.41) is 10.4. The highest BCUT2D eigenvalue weighted by atomic mass is 35.5. The molecule has 0 aromatic heterocycles. The molecule has 1 unspecified atom stereocenters. The zero-order valence-corrected chi connectivity index (χ0v) is 9.13. The SMILES string of the molecule is Cl.NC1CCN(C(=O)CCNC(=O)O)C1. The molecule has 6 nitrogen and oxygen atoms in total. The summed E-state index contributed by atoms with van der Waals surface area (Å²) in [7, 11) is 0. The fraction of sp³-hybridized carbons (Fsp3) is 0.750. The topological polar surface area (TPSA) is 95.7 Å². The Labute approximate surface area is 94.2 Å². The Hall–Kier alpha value is -1.01. The minimum Gasteiger partial charge on any atom is -0.465 e. The van der Waals surface area contributed by atoms with Crippen molar-refractivity contribution in [3.63, 3.8) is 0 Å². The molecule has 15 heavy (non-hydrogen) atoms. The van der Waals surface area contributed by atoms with Gasteiger partial charge in [0.2, 0.25) is 5.91 Å². The molecule has 4 N–H and O–H groups in total. The van der Waals surface area contributed by atoms with E-state index in [1.165, 1.54) is 0 Å². The van der Waals surface area contributed by atoms with Crippen LogP contribution in [0.1, 0.15) is 12.8 Å². The van der Waals surface area contributed by atoms with Gasteiger partial charge in [-0.3, -0.25) is 4.79 Å². The van der Waals surface area contributed by atoms with Gasteiger partial charge in [0.05, 0.1) is 0 Å². The van der Waals surface area contributed by atoms with E-state index in [0.29, 0.717) is 13.1 Å². The number of amides is 2. The van der Waals surface area contributed by atoms with Gasteiger partial charge in [-0.2, -0.15) is 0 Å². The molecule has 0 bridgehead atoms. The molecule has 7 heteroatoms. The first-order valence-electron chi connectivity index (χ1n) is 4.59. The van der Waals surface area contributed by atoms with E-state index < -0.39 is 6.09 Å². The third kappa shape index (κ3) is 4.85. The molecule has 1 atom stereocenters. The second-order valence-electron chi connectivity index (χ2n) is 3.37. The van der Waals surface area contributed by atoms with Crippen molar-refractivity contribution in [1.82, 2.24) is 10.2 Å². The lowest BCUT2D eigenvalue weighted by Crippen LogP contribution is -2.34. The van der Waals surface area contributed by atoms with Gasteiger partial charge in [-0.05, 0) is 6.42 Å². The number of nitrogens with two attached hydrogens (primary N) is 1. The normalized spacial score (nSPS) is 19.5. The molecular formula is C8H16ClN3O3. The van der Waals surface area contributed by atoms with Gasteiger partial charge < -0.3 is 21.1 Å². The number of hydrogen-bond donors (Lipinski definition) is 3. The molecule has 1 aliphatic heterocycles. The van der Waals surface area contributed by atoms with Gasteiger partial charge >= 0.3 is 6.09 Å². The summed E-state index contributed by atoms with van der Waals surface area (Å²) in [5.74, 6) is -0.0355. The number of nitrogens with one attached hydrogen (secondary N) is 1. The van der Waals surface area contributed by atoms with Gasteiger partial charge in [-0.15, -0.1) is 12.4 Å². The molecule has 1 saturated heterocycles. The second kappa shape index (κ2) is 6.47. The average molecular weight is 238 g/mol. The van der Waals surface area contributed by atoms with Gasteiger partial charge in [0.1, 0.15) is 0 Å². The van der Waals surface area contributed by atoms with E-state index in [-0.39, 0.29) is 37.3 Å². The van der Waals surface area contributed by atoms with Crippen LogP contribution in [0.5, 0.6) is 0 Å². The zero-order chi connectivity index (χ0) is 10.6. The molecule has 88 valence electrons. The Kier molecular flexibility index (Phi) is 6.03. The number of carbonyl (C=O) groups is 2. The van der Waals surface area contributed by atoms with Crippen LogP contribution in [0.3, 0.4) is 0 Å². The Morgan fingerprint density at radius 3 is 2.67 bits per heavy atom. The second-order valence-corrected chi connectivity index (χ2v) is 3.37. The van der Waals surface area contributed by atoms with Crippen molar-refractivity contribution in [2.75, 3.05) is 19.6 Å². The van der Waals surface area contributed by atoms with Crippen molar-refractivity contribution in [1.29, 1.82) is 0 Å². The highest BCUT2D eigenvalue weighted by Crippen LogP contribution is 2.07. The largest absolute Gasteiger partial charge is 0.465 e. The minimum absolute atomic E-state index is 0. The van der Waals surface area contributed by atoms with Crippen molar-refractivity contribution < 1.29 is 14.7 Å². The molecule has 2 amide bonds. The first-order valence-corrected chi connectivity index (χ1v) is 4.59. The minimum atomic E-state index is -1.10. The van der Waals surface area contributed by atoms with E-state index in [9.17, 15) is 9.59 Å². The Balaban J connectivity index is 0.00000196. The first kappa shape index (κ1) is 14.0. The zero-order valence-electron chi connectivity index (χ0n) is 8.31. The summed E-state index contributed by atoms with van der Waals surface area (Å²) in [4.78, 5) is 23.2. The molecule has 0 aromatic rings. The number of likely N-dealkylation sites (tertiary alicyclic amines) is 1. The van der Waals surface area contributed by atoms with Crippen molar-refractivity contribution in [2.45, 2.75) is 18.9 Å². The lowest BCUT2D eigenvalue weighted by atomic mass is 10.3. The van der Waals surface area contributed by atoms with Crippen LogP contribution in [0, 0.1) is 0 Å². The molecule has 0 spiro atoms. The number of halogens is 1. The lowest BCUT2D eigenvalue weighted by Gasteiger charge is -2.15. The lowest BCUT2D eigenvalue weighted by molar-refractivity contribution is -0.130. The maximum atomic E-state index is 11.4. The number of carboxylic acid groups (broad SMARTS) is 1.